The molecule has 0 radical (unpaired) electrons. The SMILES string of the molecule is CCOC(=O)N1CCC(NC(=O)CNCCC2=CCCCC2)CC1. The number of nitrogens with zero attached hydrogens (tertiary/aromatic N) is 1. The van der Waals surface area contributed by atoms with Crippen LogP contribution < -0.4 is 10.6 Å². The number of carbonyl (C=O) groups excluding carboxylic acids is 2. The molecule has 1 fully saturated rings. The minimum absolute atomic E-state index is 0.0437. The number of piperidine rings is 1. The summed E-state index contributed by atoms with van der Waals surface area (Å²) >= 11 is 0. The summed E-state index contributed by atoms with van der Waals surface area (Å²) in [5, 5.41) is 6.28. The highest BCUT2D eigenvalue weighted by atomic mass is 16.6. The molecule has 0 aromatic heterocycles. The number of nitrogens with one attached hydrogen (secondary N) is 2. The molecule has 0 atom stereocenters. The maximum atomic E-state index is 12.0. The number of carbonyl (C=O) groups is 2. The van der Waals surface area contributed by atoms with Gasteiger partial charge in [-0.25, -0.2) is 4.79 Å². The summed E-state index contributed by atoms with van der Waals surface area (Å²) in [6.45, 7) is 4.73. The van der Waals surface area contributed by atoms with E-state index < -0.39 is 0 Å². The molecular weight excluding hydrogens is 306 g/mol. The van der Waals surface area contributed by atoms with Crippen LogP contribution in [0, 0.1) is 0 Å². The monoisotopic (exact) mass is 337 g/mol. The van der Waals surface area contributed by atoms with Crippen molar-refractivity contribution < 1.29 is 14.3 Å². The molecule has 0 unspecified atom stereocenters. The Morgan fingerprint density at radius 1 is 1.29 bits per heavy atom. The fourth-order valence-corrected chi connectivity index (χ4v) is 3.28. The van der Waals surface area contributed by atoms with Gasteiger partial charge in [0.1, 0.15) is 0 Å². The van der Waals surface area contributed by atoms with Crippen molar-refractivity contribution in [2.24, 2.45) is 0 Å². The third-order valence-electron chi connectivity index (χ3n) is 4.68. The van der Waals surface area contributed by atoms with Gasteiger partial charge >= 0.3 is 6.09 Å². The first-order valence-electron chi connectivity index (χ1n) is 9.28. The van der Waals surface area contributed by atoms with E-state index in [0.717, 1.165) is 25.8 Å². The molecule has 1 saturated heterocycles. The highest BCUT2D eigenvalue weighted by Gasteiger charge is 2.24. The first-order valence-corrected chi connectivity index (χ1v) is 9.28. The Morgan fingerprint density at radius 3 is 2.75 bits per heavy atom. The van der Waals surface area contributed by atoms with Gasteiger partial charge in [-0.3, -0.25) is 4.79 Å². The largest absolute Gasteiger partial charge is 0.450 e. The van der Waals surface area contributed by atoms with E-state index in [1.807, 2.05) is 6.92 Å². The summed E-state index contributed by atoms with van der Waals surface area (Å²) in [7, 11) is 0. The van der Waals surface area contributed by atoms with Crippen molar-refractivity contribution in [3.05, 3.63) is 11.6 Å². The second-order valence-electron chi connectivity index (χ2n) is 6.56. The predicted molar refractivity (Wildman–Crippen MR) is 93.8 cm³/mol. The molecule has 0 aromatic rings. The van der Waals surface area contributed by atoms with Gasteiger partial charge in [-0.1, -0.05) is 11.6 Å². The average Bonchev–Trinajstić information content (AvgIpc) is 2.60. The molecule has 136 valence electrons. The number of hydrogen-bond acceptors (Lipinski definition) is 4. The summed E-state index contributed by atoms with van der Waals surface area (Å²) in [5.41, 5.74) is 1.53. The Balaban J connectivity index is 1.55. The Hall–Kier alpha value is -1.56. The van der Waals surface area contributed by atoms with Crippen LogP contribution in [0.3, 0.4) is 0 Å². The molecule has 24 heavy (non-hydrogen) atoms. The van der Waals surface area contributed by atoms with Crippen LogP contribution in [-0.4, -0.2) is 55.7 Å². The van der Waals surface area contributed by atoms with E-state index in [9.17, 15) is 9.59 Å². The maximum Gasteiger partial charge on any atom is 0.409 e. The average molecular weight is 337 g/mol. The van der Waals surface area contributed by atoms with Crippen molar-refractivity contribution in [2.75, 3.05) is 32.8 Å². The first kappa shape index (κ1) is 18.8. The van der Waals surface area contributed by atoms with E-state index in [2.05, 4.69) is 16.7 Å². The minimum Gasteiger partial charge on any atom is -0.450 e. The molecule has 6 nitrogen and oxygen atoms in total. The van der Waals surface area contributed by atoms with E-state index in [1.165, 1.54) is 31.3 Å². The van der Waals surface area contributed by atoms with Crippen molar-refractivity contribution in [1.82, 2.24) is 15.5 Å². The molecule has 2 rings (SSSR count). The maximum absolute atomic E-state index is 12.0. The number of hydrogen-bond donors (Lipinski definition) is 2. The zero-order valence-electron chi connectivity index (χ0n) is 14.8. The molecule has 2 aliphatic rings. The normalized spacial score (nSPS) is 18.9. The lowest BCUT2D eigenvalue weighted by molar-refractivity contribution is -0.121. The molecule has 1 aliphatic heterocycles. The highest BCUT2D eigenvalue weighted by molar-refractivity contribution is 5.78. The zero-order chi connectivity index (χ0) is 17.2. The van der Waals surface area contributed by atoms with Crippen molar-refractivity contribution >= 4 is 12.0 Å². The Morgan fingerprint density at radius 2 is 2.08 bits per heavy atom. The second kappa shape index (κ2) is 10.3. The van der Waals surface area contributed by atoms with Crippen LogP contribution >= 0.6 is 0 Å². The smallest absolute Gasteiger partial charge is 0.409 e. The van der Waals surface area contributed by atoms with E-state index in [-0.39, 0.29) is 18.0 Å². The molecule has 0 bridgehead atoms. The van der Waals surface area contributed by atoms with Crippen molar-refractivity contribution in [3.63, 3.8) is 0 Å². The second-order valence-corrected chi connectivity index (χ2v) is 6.56. The van der Waals surface area contributed by atoms with Gasteiger partial charge in [-0.2, -0.15) is 0 Å². The Labute approximate surface area is 145 Å². The third kappa shape index (κ3) is 6.51. The molecule has 1 aliphatic carbocycles. The molecular formula is C18H31N3O3. The number of likely N-dealkylation sites (tertiary alicyclic amines) is 1. The van der Waals surface area contributed by atoms with Crippen LogP contribution in [0.5, 0.6) is 0 Å². The van der Waals surface area contributed by atoms with Crippen molar-refractivity contribution in [1.29, 1.82) is 0 Å². The summed E-state index contributed by atoms with van der Waals surface area (Å²) in [5.74, 6) is 0.0437. The van der Waals surface area contributed by atoms with Crippen LogP contribution in [0.2, 0.25) is 0 Å². The zero-order valence-corrected chi connectivity index (χ0v) is 14.8. The Kier molecular flexibility index (Phi) is 8.08. The molecule has 0 saturated carbocycles. The molecule has 2 N–H and O–H groups in total. The molecule has 1 heterocycles. The minimum atomic E-state index is -0.249. The fourth-order valence-electron chi connectivity index (χ4n) is 3.28. The van der Waals surface area contributed by atoms with Crippen LogP contribution in [-0.2, 0) is 9.53 Å². The van der Waals surface area contributed by atoms with Crippen LogP contribution in [0.4, 0.5) is 4.79 Å². The number of amides is 2. The lowest BCUT2D eigenvalue weighted by atomic mass is 9.97. The van der Waals surface area contributed by atoms with Crippen LogP contribution in [0.15, 0.2) is 11.6 Å². The number of allylic oxidation sites excluding steroid dienone is 1. The van der Waals surface area contributed by atoms with Gasteiger partial charge in [0.15, 0.2) is 0 Å². The first-order chi connectivity index (χ1) is 11.7. The van der Waals surface area contributed by atoms with E-state index in [4.69, 9.17) is 4.74 Å². The quantitative estimate of drug-likeness (QED) is 0.552. The Bertz CT molecular complexity index is 443. The van der Waals surface area contributed by atoms with Gasteiger partial charge in [-0.15, -0.1) is 0 Å². The van der Waals surface area contributed by atoms with E-state index in [1.54, 1.807) is 4.90 Å². The van der Waals surface area contributed by atoms with Crippen molar-refractivity contribution in [3.8, 4) is 0 Å². The van der Waals surface area contributed by atoms with Gasteiger partial charge in [0.2, 0.25) is 5.91 Å². The van der Waals surface area contributed by atoms with Crippen LogP contribution in [0.25, 0.3) is 0 Å². The highest BCUT2D eigenvalue weighted by Crippen LogP contribution is 2.19. The van der Waals surface area contributed by atoms with Crippen LogP contribution in [0.1, 0.15) is 51.9 Å². The predicted octanol–water partition coefficient (Wildman–Crippen LogP) is 2.20. The molecule has 2 amide bonds. The van der Waals surface area contributed by atoms with Gasteiger partial charge < -0.3 is 20.3 Å². The summed E-state index contributed by atoms with van der Waals surface area (Å²) < 4.78 is 5.00. The molecule has 0 aromatic carbocycles. The molecule has 6 heteroatoms. The van der Waals surface area contributed by atoms with E-state index in [0.29, 0.717) is 26.2 Å². The van der Waals surface area contributed by atoms with Gasteiger partial charge in [0.25, 0.3) is 0 Å². The standard InChI is InChI=1S/C18H31N3O3/c1-2-24-18(23)21-12-9-16(10-13-21)20-17(22)14-19-11-8-15-6-4-3-5-7-15/h6,16,19H,2-5,7-14H2,1H3,(H,20,22). The number of rotatable bonds is 7. The molecule has 0 spiro atoms. The van der Waals surface area contributed by atoms with Gasteiger partial charge in [0, 0.05) is 19.1 Å². The lowest BCUT2D eigenvalue weighted by Gasteiger charge is -2.31. The van der Waals surface area contributed by atoms with Gasteiger partial charge in [-0.05, 0) is 58.4 Å². The summed E-state index contributed by atoms with van der Waals surface area (Å²) in [6, 6.07) is 0.158. The lowest BCUT2D eigenvalue weighted by Crippen LogP contribution is -2.48. The number of ether oxygens (including phenoxy) is 1. The van der Waals surface area contributed by atoms with Crippen molar-refractivity contribution in [2.45, 2.75) is 57.9 Å². The van der Waals surface area contributed by atoms with Gasteiger partial charge in [0.05, 0.1) is 13.2 Å². The summed E-state index contributed by atoms with van der Waals surface area (Å²) in [4.78, 5) is 25.3. The van der Waals surface area contributed by atoms with E-state index >= 15 is 0 Å². The third-order valence-corrected chi connectivity index (χ3v) is 4.68. The summed E-state index contributed by atoms with van der Waals surface area (Å²) in [6.07, 6.45) is 9.77. The topological polar surface area (TPSA) is 70.7 Å². The fraction of sp³-hybridized carbons (Fsp3) is 0.778.